The number of methoxy groups -OCH3 is 1. The van der Waals surface area contributed by atoms with Crippen molar-refractivity contribution in [2.24, 2.45) is 0 Å². The average Bonchev–Trinajstić information content (AvgIpc) is 3.12. The van der Waals surface area contributed by atoms with Crippen molar-refractivity contribution < 1.29 is 18.3 Å². The minimum atomic E-state index is -1.02. The molecule has 1 unspecified atom stereocenters. The van der Waals surface area contributed by atoms with Gasteiger partial charge in [-0.25, -0.2) is 8.78 Å². The summed E-state index contributed by atoms with van der Waals surface area (Å²) < 4.78 is 33.4. The number of carbonyl (C=O) groups is 1. The van der Waals surface area contributed by atoms with Gasteiger partial charge in [0.25, 0.3) is 0 Å². The van der Waals surface area contributed by atoms with E-state index in [0.29, 0.717) is 24.1 Å². The van der Waals surface area contributed by atoms with Crippen LogP contribution in [0.4, 0.5) is 14.5 Å². The Morgan fingerprint density at radius 2 is 1.97 bits per heavy atom. The van der Waals surface area contributed by atoms with Crippen LogP contribution in [0.25, 0.3) is 11.4 Å². The van der Waals surface area contributed by atoms with Gasteiger partial charge in [0.1, 0.15) is 0 Å². The molecular weight excluding hydrogens is 400 g/mol. The fourth-order valence-corrected chi connectivity index (χ4v) is 3.38. The van der Waals surface area contributed by atoms with E-state index in [0.717, 1.165) is 17.7 Å². The molecule has 0 fully saturated rings. The Hall–Kier alpha value is -2.85. The van der Waals surface area contributed by atoms with Crippen LogP contribution in [0.5, 0.6) is 0 Å². The smallest absolute Gasteiger partial charge is 0.237 e. The summed E-state index contributed by atoms with van der Waals surface area (Å²) in [6.45, 7) is 2.64. The molecule has 0 saturated heterocycles. The molecule has 1 N–H and O–H groups in total. The third-order valence-electron chi connectivity index (χ3n) is 4.01. The van der Waals surface area contributed by atoms with Gasteiger partial charge in [0, 0.05) is 36.8 Å². The van der Waals surface area contributed by atoms with E-state index in [2.05, 4.69) is 20.5 Å². The SMILES string of the molecule is COCCn1c(SC(C)C(=O)Nc2ccc(F)c(F)c2)nnc1-c1ccncc1. The Bertz CT molecular complexity index is 984. The second-order valence-electron chi connectivity index (χ2n) is 6.06. The van der Waals surface area contributed by atoms with Gasteiger partial charge in [0.05, 0.1) is 18.4 Å². The molecule has 0 aliphatic carbocycles. The van der Waals surface area contributed by atoms with Crippen LogP contribution in [-0.4, -0.2) is 44.6 Å². The van der Waals surface area contributed by atoms with E-state index in [1.165, 1.54) is 17.8 Å². The first-order valence-corrected chi connectivity index (χ1v) is 9.62. The van der Waals surface area contributed by atoms with Gasteiger partial charge >= 0.3 is 0 Å². The number of halogens is 2. The molecule has 0 aliphatic rings. The van der Waals surface area contributed by atoms with E-state index >= 15 is 0 Å². The molecule has 10 heteroatoms. The zero-order chi connectivity index (χ0) is 20.8. The lowest BCUT2D eigenvalue weighted by Gasteiger charge is -2.14. The molecule has 7 nitrogen and oxygen atoms in total. The van der Waals surface area contributed by atoms with Crippen molar-refractivity contribution in [3.8, 4) is 11.4 Å². The van der Waals surface area contributed by atoms with E-state index in [1.807, 2.05) is 16.7 Å². The van der Waals surface area contributed by atoms with Crippen molar-refractivity contribution in [3.63, 3.8) is 0 Å². The number of benzene rings is 1. The second-order valence-corrected chi connectivity index (χ2v) is 7.37. The highest BCUT2D eigenvalue weighted by molar-refractivity contribution is 8.00. The molecule has 29 heavy (non-hydrogen) atoms. The molecule has 1 amide bonds. The quantitative estimate of drug-likeness (QED) is 0.564. The second kappa shape index (κ2) is 9.57. The first-order chi connectivity index (χ1) is 14.0. The number of ether oxygens (including phenoxy) is 1. The lowest BCUT2D eigenvalue weighted by molar-refractivity contribution is -0.115. The van der Waals surface area contributed by atoms with E-state index in [1.54, 1.807) is 26.4 Å². The topological polar surface area (TPSA) is 81.9 Å². The standard InChI is InChI=1S/C19H19F2N5O2S/c1-12(18(27)23-14-3-4-15(20)16(21)11-14)29-19-25-24-17(26(19)9-10-28-2)13-5-7-22-8-6-13/h3-8,11-12H,9-10H2,1-2H3,(H,23,27). The molecule has 0 bridgehead atoms. The van der Waals surface area contributed by atoms with Crippen LogP contribution in [-0.2, 0) is 16.1 Å². The van der Waals surface area contributed by atoms with Crippen molar-refractivity contribution in [1.82, 2.24) is 19.7 Å². The predicted molar refractivity (Wildman–Crippen MR) is 105 cm³/mol. The molecule has 0 aliphatic heterocycles. The monoisotopic (exact) mass is 419 g/mol. The Morgan fingerprint density at radius 3 is 2.66 bits per heavy atom. The maximum Gasteiger partial charge on any atom is 0.237 e. The van der Waals surface area contributed by atoms with E-state index < -0.39 is 16.9 Å². The van der Waals surface area contributed by atoms with Crippen LogP contribution < -0.4 is 5.32 Å². The van der Waals surface area contributed by atoms with Crippen LogP contribution in [0, 0.1) is 11.6 Å². The van der Waals surface area contributed by atoms with Gasteiger partial charge in [-0.05, 0) is 31.2 Å². The number of hydrogen-bond donors (Lipinski definition) is 1. The number of amides is 1. The minimum absolute atomic E-state index is 0.180. The van der Waals surface area contributed by atoms with Crippen LogP contribution in [0.15, 0.2) is 47.9 Å². The maximum atomic E-state index is 13.3. The molecule has 1 atom stereocenters. The van der Waals surface area contributed by atoms with E-state index in [9.17, 15) is 13.6 Å². The van der Waals surface area contributed by atoms with Gasteiger partial charge in [-0.3, -0.25) is 14.3 Å². The summed E-state index contributed by atoms with van der Waals surface area (Å²) in [5, 5.41) is 11.0. The number of thioether (sulfide) groups is 1. The number of rotatable bonds is 8. The molecule has 0 radical (unpaired) electrons. The number of nitrogens with one attached hydrogen (secondary N) is 1. The first-order valence-electron chi connectivity index (χ1n) is 8.74. The van der Waals surface area contributed by atoms with Crippen molar-refractivity contribution >= 4 is 23.4 Å². The molecule has 1 aromatic carbocycles. The summed E-state index contributed by atoms with van der Waals surface area (Å²) >= 11 is 1.21. The normalized spacial score (nSPS) is 12.0. The van der Waals surface area contributed by atoms with Gasteiger partial charge in [-0.1, -0.05) is 11.8 Å². The Balaban J connectivity index is 1.76. The summed E-state index contributed by atoms with van der Waals surface area (Å²) in [5.41, 5.74) is 1.02. The molecule has 0 saturated carbocycles. The number of aromatic nitrogens is 4. The highest BCUT2D eigenvalue weighted by Crippen LogP contribution is 2.27. The molecular formula is C19H19F2N5O2S. The average molecular weight is 419 g/mol. The molecule has 152 valence electrons. The Kier molecular flexibility index (Phi) is 6.89. The highest BCUT2D eigenvalue weighted by atomic mass is 32.2. The van der Waals surface area contributed by atoms with E-state index in [4.69, 9.17) is 4.74 Å². The molecule has 2 aromatic heterocycles. The number of anilines is 1. The van der Waals surface area contributed by atoms with Crippen LogP contribution in [0.1, 0.15) is 6.92 Å². The van der Waals surface area contributed by atoms with Crippen molar-refractivity contribution in [2.75, 3.05) is 19.0 Å². The van der Waals surface area contributed by atoms with Crippen molar-refractivity contribution in [1.29, 1.82) is 0 Å². The first kappa shape index (κ1) is 20.9. The Morgan fingerprint density at radius 1 is 1.21 bits per heavy atom. The predicted octanol–water partition coefficient (Wildman–Crippen LogP) is 3.38. The molecule has 3 rings (SSSR count). The fraction of sp³-hybridized carbons (Fsp3) is 0.263. The number of hydrogen-bond acceptors (Lipinski definition) is 6. The maximum absolute atomic E-state index is 13.3. The van der Waals surface area contributed by atoms with Gasteiger partial charge in [-0.15, -0.1) is 10.2 Å². The van der Waals surface area contributed by atoms with E-state index in [-0.39, 0.29) is 11.6 Å². The molecule has 0 spiro atoms. The lowest BCUT2D eigenvalue weighted by atomic mass is 10.2. The summed E-state index contributed by atoms with van der Waals surface area (Å²) in [6.07, 6.45) is 3.32. The number of pyridine rings is 1. The fourth-order valence-electron chi connectivity index (χ4n) is 2.50. The largest absolute Gasteiger partial charge is 0.383 e. The lowest BCUT2D eigenvalue weighted by Crippen LogP contribution is -2.23. The zero-order valence-electron chi connectivity index (χ0n) is 15.8. The van der Waals surface area contributed by atoms with Gasteiger partial charge < -0.3 is 10.1 Å². The molecule has 2 heterocycles. The summed E-state index contributed by atoms with van der Waals surface area (Å²) in [7, 11) is 1.60. The third-order valence-corrected chi connectivity index (χ3v) is 5.09. The van der Waals surface area contributed by atoms with Gasteiger partial charge in [0.2, 0.25) is 5.91 Å². The summed E-state index contributed by atoms with van der Waals surface area (Å²) in [6, 6.07) is 6.84. The van der Waals surface area contributed by atoms with Gasteiger partial charge in [0.15, 0.2) is 22.6 Å². The summed E-state index contributed by atoms with van der Waals surface area (Å²) in [5.74, 6) is -1.72. The number of carbonyl (C=O) groups excluding carboxylic acids is 1. The van der Waals surface area contributed by atoms with Crippen LogP contribution in [0.3, 0.4) is 0 Å². The van der Waals surface area contributed by atoms with Gasteiger partial charge in [-0.2, -0.15) is 0 Å². The van der Waals surface area contributed by atoms with Crippen molar-refractivity contribution in [3.05, 3.63) is 54.4 Å². The van der Waals surface area contributed by atoms with Crippen LogP contribution in [0.2, 0.25) is 0 Å². The number of nitrogens with zero attached hydrogens (tertiary/aromatic N) is 4. The zero-order valence-corrected chi connectivity index (χ0v) is 16.6. The Labute approximate surface area is 170 Å². The molecule has 3 aromatic rings. The highest BCUT2D eigenvalue weighted by Gasteiger charge is 2.21. The summed E-state index contributed by atoms with van der Waals surface area (Å²) in [4.78, 5) is 16.5. The van der Waals surface area contributed by atoms with Crippen LogP contribution >= 0.6 is 11.8 Å². The minimum Gasteiger partial charge on any atom is -0.383 e. The third kappa shape index (κ3) is 5.15. The van der Waals surface area contributed by atoms with Crippen molar-refractivity contribution in [2.45, 2.75) is 23.9 Å².